The Kier molecular flexibility index (Phi) is 8.24. The summed E-state index contributed by atoms with van der Waals surface area (Å²) in [5.74, 6) is 1.21. The Hall–Kier alpha value is -3.00. The van der Waals surface area contributed by atoms with Gasteiger partial charge >= 0.3 is 0 Å². The molecule has 4 heterocycles. The number of amides is 2. The number of carbonyl (C=O) groups is 2. The first kappa shape index (κ1) is 23.2. The van der Waals surface area contributed by atoms with E-state index >= 15 is 0 Å². The average molecular weight is 451 g/mol. The third-order valence-corrected chi connectivity index (χ3v) is 6.57. The minimum absolute atomic E-state index is 0.0485. The van der Waals surface area contributed by atoms with E-state index in [1.54, 1.807) is 12.4 Å². The lowest BCUT2D eigenvalue weighted by Crippen LogP contribution is -2.51. The summed E-state index contributed by atoms with van der Waals surface area (Å²) in [5.41, 5.74) is 1.19. The lowest BCUT2D eigenvalue weighted by atomic mass is 9.97. The molecule has 1 unspecified atom stereocenters. The second-order valence-electron chi connectivity index (χ2n) is 8.86. The van der Waals surface area contributed by atoms with Crippen LogP contribution in [-0.4, -0.2) is 77.4 Å². The standard InChI is InChI=1S/C25H34N6O2/c32-24-9-15-29(20-21-6-11-26-12-7-21)14-3-4-22(8-13-28-24)25(33)31-18-16-30(17-19-31)23-5-1-2-10-27-23/h1-2,5-7,10-12,22H,3-4,8-9,13-20H2,(H,28,32). The summed E-state index contributed by atoms with van der Waals surface area (Å²) < 4.78 is 0. The van der Waals surface area contributed by atoms with Crippen LogP contribution in [0.2, 0.25) is 0 Å². The van der Waals surface area contributed by atoms with Gasteiger partial charge in [0.2, 0.25) is 11.8 Å². The predicted octanol–water partition coefficient (Wildman–Crippen LogP) is 1.93. The number of nitrogens with one attached hydrogen (secondary N) is 1. The maximum atomic E-state index is 13.4. The Balaban J connectivity index is 1.33. The third kappa shape index (κ3) is 6.74. The zero-order valence-electron chi connectivity index (χ0n) is 19.2. The summed E-state index contributed by atoms with van der Waals surface area (Å²) in [7, 11) is 0. The van der Waals surface area contributed by atoms with Crippen LogP contribution in [0.25, 0.3) is 0 Å². The van der Waals surface area contributed by atoms with Gasteiger partial charge < -0.3 is 15.1 Å². The van der Waals surface area contributed by atoms with E-state index in [0.717, 1.165) is 51.4 Å². The number of carbonyl (C=O) groups excluding carboxylic acids is 2. The molecule has 176 valence electrons. The molecule has 0 saturated carbocycles. The minimum Gasteiger partial charge on any atom is -0.356 e. The fraction of sp³-hybridized carbons (Fsp3) is 0.520. The molecule has 33 heavy (non-hydrogen) atoms. The van der Waals surface area contributed by atoms with Crippen molar-refractivity contribution in [3.63, 3.8) is 0 Å². The van der Waals surface area contributed by atoms with Crippen molar-refractivity contribution >= 4 is 17.6 Å². The van der Waals surface area contributed by atoms with Gasteiger partial charge in [-0.3, -0.25) is 19.5 Å². The van der Waals surface area contributed by atoms with Crippen LogP contribution in [0.4, 0.5) is 5.82 Å². The Morgan fingerprint density at radius 2 is 1.79 bits per heavy atom. The lowest BCUT2D eigenvalue weighted by Gasteiger charge is -2.37. The highest BCUT2D eigenvalue weighted by molar-refractivity contribution is 5.79. The fourth-order valence-electron chi connectivity index (χ4n) is 4.66. The maximum absolute atomic E-state index is 13.4. The summed E-state index contributed by atoms with van der Waals surface area (Å²) in [5, 5.41) is 3.02. The van der Waals surface area contributed by atoms with Crippen molar-refractivity contribution in [2.45, 2.75) is 32.2 Å². The number of piperazine rings is 1. The van der Waals surface area contributed by atoms with E-state index in [0.29, 0.717) is 32.5 Å². The van der Waals surface area contributed by atoms with Gasteiger partial charge in [0.15, 0.2) is 0 Å². The number of anilines is 1. The minimum atomic E-state index is -0.0485. The summed E-state index contributed by atoms with van der Waals surface area (Å²) in [6.07, 6.45) is 8.40. The van der Waals surface area contributed by atoms with E-state index < -0.39 is 0 Å². The van der Waals surface area contributed by atoms with Gasteiger partial charge in [-0.2, -0.15) is 0 Å². The average Bonchev–Trinajstić information content (AvgIpc) is 2.90. The smallest absolute Gasteiger partial charge is 0.225 e. The number of hydrogen-bond acceptors (Lipinski definition) is 6. The molecule has 1 atom stereocenters. The quantitative estimate of drug-likeness (QED) is 0.767. The number of aromatic nitrogens is 2. The molecule has 2 aliphatic rings. The van der Waals surface area contributed by atoms with Crippen molar-refractivity contribution in [2.24, 2.45) is 5.92 Å². The molecule has 1 N–H and O–H groups in total. The molecular formula is C25H34N6O2. The van der Waals surface area contributed by atoms with Crippen molar-refractivity contribution in [3.8, 4) is 0 Å². The molecule has 2 fully saturated rings. The molecule has 2 aromatic rings. The van der Waals surface area contributed by atoms with Crippen molar-refractivity contribution in [2.75, 3.05) is 50.7 Å². The van der Waals surface area contributed by atoms with Gasteiger partial charge in [0, 0.05) is 76.7 Å². The molecule has 8 nitrogen and oxygen atoms in total. The van der Waals surface area contributed by atoms with Crippen LogP contribution < -0.4 is 10.2 Å². The summed E-state index contributed by atoms with van der Waals surface area (Å²) in [6, 6.07) is 9.96. The highest BCUT2D eigenvalue weighted by atomic mass is 16.2. The van der Waals surface area contributed by atoms with Crippen molar-refractivity contribution in [1.82, 2.24) is 25.1 Å². The van der Waals surface area contributed by atoms with Crippen LogP contribution >= 0.6 is 0 Å². The van der Waals surface area contributed by atoms with Crippen LogP contribution in [-0.2, 0) is 16.1 Å². The number of rotatable bonds is 4. The molecule has 0 bridgehead atoms. The van der Waals surface area contributed by atoms with E-state index in [1.165, 1.54) is 5.56 Å². The normalized spacial score (nSPS) is 21.2. The molecule has 2 amide bonds. The highest BCUT2D eigenvalue weighted by Crippen LogP contribution is 2.20. The highest BCUT2D eigenvalue weighted by Gasteiger charge is 2.28. The van der Waals surface area contributed by atoms with Crippen LogP contribution in [0.3, 0.4) is 0 Å². The Labute approximate surface area is 196 Å². The lowest BCUT2D eigenvalue weighted by molar-refractivity contribution is -0.136. The van der Waals surface area contributed by atoms with Gasteiger partial charge in [0.25, 0.3) is 0 Å². The zero-order valence-corrected chi connectivity index (χ0v) is 19.2. The second-order valence-corrected chi connectivity index (χ2v) is 8.86. The molecule has 0 aliphatic carbocycles. The Morgan fingerprint density at radius 1 is 0.970 bits per heavy atom. The number of hydrogen-bond donors (Lipinski definition) is 1. The van der Waals surface area contributed by atoms with Gasteiger partial charge in [-0.05, 0) is 55.6 Å². The third-order valence-electron chi connectivity index (χ3n) is 6.57. The first-order valence-electron chi connectivity index (χ1n) is 12.0. The van der Waals surface area contributed by atoms with Crippen LogP contribution in [0.1, 0.15) is 31.2 Å². The number of pyridine rings is 2. The molecule has 8 heteroatoms. The predicted molar refractivity (Wildman–Crippen MR) is 128 cm³/mol. The molecule has 4 rings (SSSR count). The monoisotopic (exact) mass is 450 g/mol. The molecule has 2 aromatic heterocycles. The Morgan fingerprint density at radius 3 is 2.55 bits per heavy atom. The summed E-state index contributed by atoms with van der Waals surface area (Å²) in [6.45, 7) is 5.99. The van der Waals surface area contributed by atoms with Gasteiger partial charge in [0.05, 0.1) is 0 Å². The van der Waals surface area contributed by atoms with Crippen LogP contribution in [0, 0.1) is 5.92 Å². The van der Waals surface area contributed by atoms with E-state index in [2.05, 4.69) is 25.1 Å². The molecular weight excluding hydrogens is 416 g/mol. The van der Waals surface area contributed by atoms with Crippen LogP contribution in [0.5, 0.6) is 0 Å². The molecule has 0 aromatic carbocycles. The topological polar surface area (TPSA) is 81.7 Å². The largest absolute Gasteiger partial charge is 0.356 e. The van der Waals surface area contributed by atoms with Gasteiger partial charge in [-0.25, -0.2) is 4.98 Å². The van der Waals surface area contributed by atoms with Gasteiger partial charge in [-0.1, -0.05) is 6.07 Å². The SMILES string of the molecule is O=C1CCN(Cc2ccncc2)CCCC(C(=O)N2CCN(c3ccccn3)CC2)CCN1. The van der Waals surface area contributed by atoms with E-state index in [-0.39, 0.29) is 17.7 Å². The summed E-state index contributed by atoms with van der Waals surface area (Å²) in [4.78, 5) is 40.7. The van der Waals surface area contributed by atoms with Crippen molar-refractivity contribution in [3.05, 3.63) is 54.5 Å². The van der Waals surface area contributed by atoms with Crippen molar-refractivity contribution in [1.29, 1.82) is 0 Å². The fourth-order valence-corrected chi connectivity index (χ4v) is 4.66. The second kappa shape index (κ2) is 11.7. The maximum Gasteiger partial charge on any atom is 0.225 e. The van der Waals surface area contributed by atoms with E-state index in [1.807, 2.05) is 41.4 Å². The van der Waals surface area contributed by atoms with Crippen molar-refractivity contribution < 1.29 is 9.59 Å². The van der Waals surface area contributed by atoms with E-state index in [4.69, 9.17) is 0 Å². The van der Waals surface area contributed by atoms with Gasteiger partial charge in [-0.15, -0.1) is 0 Å². The molecule has 0 radical (unpaired) electrons. The first-order chi connectivity index (χ1) is 16.2. The molecule has 2 aliphatic heterocycles. The molecule has 0 spiro atoms. The molecule has 2 saturated heterocycles. The summed E-state index contributed by atoms with van der Waals surface area (Å²) >= 11 is 0. The number of nitrogens with zero attached hydrogens (tertiary/aromatic N) is 5. The van der Waals surface area contributed by atoms with Gasteiger partial charge in [0.1, 0.15) is 5.82 Å². The zero-order chi connectivity index (χ0) is 22.9. The van der Waals surface area contributed by atoms with E-state index in [9.17, 15) is 9.59 Å². The van der Waals surface area contributed by atoms with Crippen LogP contribution in [0.15, 0.2) is 48.9 Å². The Bertz CT molecular complexity index is 886. The first-order valence-corrected chi connectivity index (χ1v) is 12.0.